The van der Waals surface area contributed by atoms with Gasteiger partial charge in [-0.15, -0.1) is 0 Å². The number of amides is 1. The number of hydrogen-bond donors (Lipinski definition) is 1. The number of alkyl halides is 3. The van der Waals surface area contributed by atoms with E-state index in [1.165, 1.54) is 18.2 Å². The Balaban J connectivity index is 1.70. The van der Waals surface area contributed by atoms with E-state index in [1.54, 1.807) is 29.9 Å². The van der Waals surface area contributed by atoms with Crippen molar-refractivity contribution in [3.63, 3.8) is 0 Å². The van der Waals surface area contributed by atoms with Crippen molar-refractivity contribution in [3.05, 3.63) is 95.4 Å². The summed E-state index contributed by atoms with van der Waals surface area (Å²) in [4.78, 5) is 12.7. The molecule has 0 unspecified atom stereocenters. The van der Waals surface area contributed by atoms with Gasteiger partial charge in [-0.1, -0.05) is 24.3 Å². The number of anilines is 1. The van der Waals surface area contributed by atoms with Crippen LogP contribution in [0.15, 0.2) is 82.9 Å². The molecule has 0 atom stereocenters. The highest BCUT2D eigenvalue weighted by Gasteiger charge is 2.30. The number of aromatic nitrogens is 2. The number of aryl methyl sites for hydroxylation is 1. The fraction of sp³-hybridized carbons (Fsp3) is 0.0800. The van der Waals surface area contributed by atoms with Gasteiger partial charge in [-0.3, -0.25) is 4.79 Å². The summed E-state index contributed by atoms with van der Waals surface area (Å²) < 4.78 is 46.2. The van der Waals surface area contributed by atoms with Crippen LogP contribution in [0.25, 0.3) is 23.2 Å². The lowest BCUT2D eigenvalue weighted by molar-refractivity contribution is -0.137. The molecule has 4 aromatic rings. The molecule has 0 aliphatic heterocycles. The van der Waals surface area contributed by atoms with E-state index in [2.05, 4.69) is 10.4 Å². The standard InChI is InChI=1S/C25H17F3N4O2/c1-16-10-11-22(34-16)23-18(15-32(31-23)21-8-3-2-4-9-21)12-17(14-29)24(33)30-20-7-5-6-19(13-20)25(26,27)28/h2-13,15H,1H3,(H,30,33)/b17-12+. The van der Waals surface area contributed by atoms with E-state index < -0.39 is 17.6 Å². The fourth-order valence-corrected chi connectivity index (χ4v) is 3.23. The van der Waals surface area contributed by atoms with Crippen molar-refractivity contribution in [1.29, 1.82) is 5.26 Å². The number of nitrogens with zero attached hydrogens (tertiary/aromatic N) is 3. The molecule has 0 saturated carbocycles. The molecule has 2 heterocycles. The normalized spacial score (nSPS) is 11.8. The molecule has 1 N–H and O–H groups in total. The Bertz CT molecular complexity index is 1410. The molecule has 170 valence electrons. The first-order valence-corrected chi connectivity index (χ1v) is 10.1. The van der Waals surface area contributed by atoms with Gasteiger partial charge in [0.05, 0.1) is 11.3 Å². The number of carbonyl (C=O) groups excluding carboxylic acids is 1. The molecular formula is C25H17F3N4O2. The van der Waals surface area contributed by atoms with E-state index in [9.17, 15) is 23.2 Å². The van der Waals surface area contributed by atoms with Crippen LogP contribution >= 0.6 is 0 Å². The first kappa shape index (κ1) is 22.6. The van der Waals surface area contributed by atoms with Crippen LogP contribution in [0.4, 0.5) is 18.9 Å². The largest absolute Gasteiger partial charge is 0.460 e. The van der Waals surface area contributed by atoms with E-state index in [0.29, 0.717) is 22.8 Å². The lowest BCUT2D eigenvalue weighted by atomic mass is 10.1. The molecule has 1 amide bonds. The van der Waals surface area contributed by atoms with Crippen LogP contribution in [0.5, 0.6) is 0 Å². The number of nitriles is 1. The Kier molecular flexibility index (Phi) is 6.06. The summed E-state index contributed by atoms with van der Waals surface area (Å²) >= 11 is 0. The predicted octanol–water partition coefficient (Wildman–Crippen LogP) is 6.01. The minimum Gasteiger partial charge on any atom is -0.460 e. The molecule has 0 aliphatic rings. The molecule has 2 aromatic carbocycles. The number of benzene rings is 2. The topological polar surface area (TPSA) is 83.8 Å². The zero-order valence-corrected chi connectivity index (χ0v) is 17.8. The molecule has 9 heteroatoms. The number of halogens is 3. The number of furan rings is 1. The molecule has 6 nitrogen and oxygen atoms in total. The summed E-state index contributed by atoms with van der Waals surface area (Å²) in [7, 11) is 0. The van der Waals surface area contributed by atoms with Crippen LogP contribution < -0.4 is 5.32 Å². The molecule has 0 bridgehead atoms. The van der Waals surface area contributed by atoms with Gasteiger partial charge in [0, 0.05) is 17.4 Å². The van der Waals surface area contributed by atoms with Gasteiger partial charge in [-0.05, 0) is 55.5 Å². The third-order valence-corrected chi connectivity index (χ3v) is 4.85. The fourth-order valence-electron chi connectivity index (χ4n) is 3.23. The lowest BCUT2D eigenvalue weighted by Crippen LogP contribution is -2.14. The molecule has 2 aromatic heterocycles. The highest BCUT2D eigenvalue weighted by Crippen LogP contribution is 2.31. The van der Waals surface area contributed by atoms with Gasteiger partial charge in [0.15, 0.2) is 5.76 Å². The number of rotatable bonds is 5. The van der Waals surface area contributed by atoms with Gasteiger partial charge >= 0.3 is 6.18 Å². The average molecular weight is 462 g/mol. The second-order valence-corrected chi connectivity index (χ2v) is 7.33. The van der Waals surface area contributed by atoms with Gasteiger partial charge in [0.1, 0.15) is 23.1 Å². The second-order valence-electron chi connectivity index (χ2n) is 7.33. The number of para-hydroxylation sites is 1. The molecule has 0 radical (unpaired) electrons. The minimum atomic E-state index is -4.56. The molecule has 0 aliphatic carbocycles. The third kappa shape index (κ3) is 4.91. The van der Waals surface area contributed by atoms with E-state index in [4.69, 9.17) is 4.42 Å². The SMILES string of the molecule is Cc1ccc(-c2nn(-c3ccccc3)cc2/C=C(\C#N)C(=O)Nc2cccc(C(F)(F)F)c2)o1. The minimum absolute atomic E-state index is 0.0807. The molecule has 0 spiro atoms. The monoisotopic (exact) mass is 462 g/mol. The van der Waals surface area contributed by atoms with Crippen molar-refractivity contribution in [1.82, 2.24) is 9.78 Å². The Morgan fingerprint density at radius 1 is 1.12 bits per heavy atom. The van der Waals surface area contributed by atoms with E-state index in [1.807, 2.05) is 36.4 Å². The van der Waals surface area contributed by atoms with Crippen molar-refractivity contribution in [2.45, 2.75) is 13.1 Å². The maximum Gasteiger partial charge on any atom is 0.416 e. The second kappa shape index (κ2) is 9.11. The summed E-state index contributed by atoms with van der Waals surface area (Å²) in [5, 5.41) is 16.5. The molecular weight excluding hydrogens is 445 g/mol. The zero-order chi connectivity index (χ0) is 24.3. The molecule has 0 saturated heterocycles. The number of hydrogen-bond acceptors (Lipinski definition) is 4. The average Bonchev–Trinajstić information content (AvgIpc) is 3.43. The van der Waals surface area contributed by atoms with Gasteiger partial charge in [-0.25, -0.2) is 4.68 Å². The highest BCUT2D eigenvalue weighted by atomic mass is 19.4. The van der Waals surface area contributed by atoms with Crippen molar-refractivity contribution < 1.29 is 22.4 Å². The van der Waals surface area contributed by atoms with Gasteiger partial charge in [-0.2, -0.15) is 23.5 Å². The summed E-state index contributed by atoms with van der Waals surface area (Å²) in [5.74, 6) is 0.242. The maximum absolute atomic E-state index is 13.0. The predicted molar refractivity (Wildman–Crippen MR) is 120 cm³/mol. The van der Waals surface area contributed by atoms with E-state index in [0.717, 1.165) is 17.8 Å². The lowest BCUT2D eigenvalue weighted by Gasteiger charge is -2.09. The Morgan fingerprint density at radius 3 is 2.53 bits per heavy atom. The van der Waals surface area contributed by atoms with Crippen LogP contribution in [0, 0.1) is 18.3 Å². The highest BCUT2D eigenvalue weighted by molar-refractivity contribution is 6.10. The van der Waals surface area contributed by atoms with Crippen LogP contribution in [-0.4, -0.2) is 15.7 Å². The van der Waals surface area contributed by atoms with Crippen LogP contribution in [-0.2, 0) is 11.0 Å². The summed E-state index contributed by atoms with van der Waals surface area (Å²) in [6.07, 6.45) is -1.60. The quantitative estimate of drug-likeness (QED) is 0.291. The van der Waals surface area contributed by atoms with Crippen molar-refractivity contribution >= 4 is 17.7 Å². The van der Waals surface area contributed by atoms with E-state index >= 15 is 0 Å². The van der Waals surface area contributed by atoms with Gasteiger partial charge < -0.3 is 9.73 Å². The Hall–Kier alpha value is -4.58. The Morgan fingerprint density at radius 2 is 1.88 bits per heavy atom. The summed E-state index contributed by atoms with van der Waals surface area (Å²) in [6, 6.07) is 18.7. The van der Waals surface area contributed by atoms with Crippen molar-refractivity contribution in [3.8, 4) is 23.2 Å². The third-order valence-electron chi connectivity index (χ3n) is 4.85. The van der Waals surface area contributed by atoms with Gasteiger partial charge in [0.2, 0.25) is 0 Å². The number of carbonyl (C=O) groups is 1. The molecule has 0 fully saturated rings. The summed E-state index contributed by atoms with van der Waals surface area (Å²) in [5.41, 5.74) is 0.272. The Labute approximate surface area is 192 Å². The zero-order valence-electron chi connectivity index (χ0n) is 17.8. The summed E-state index contributed by atoms with van der Waals surface area (Å²) in [6.45, 7) is 1.77. The first-order chi connectivity index (χ1) is 16.2. The smallest absolute Gasteiger partial charge is 0.416 e. The number of nitrogens with one attached hydrogen (secondary N) is 1. The van der Waals surface area contributed by atoms with Crippen LogP contribution in [0.3, 0.4) is 0 Å². The van der Waals surface area contributed by atoms with Crippen LogP contribution in [0.1, 0.15) is 16.9 Å². The first-order valence-electron chi connectivity index (χ1n) is 10.1. The van der Waals surface area contributed by atoms with Crippen molar-refractivity contribution in [2.24, 2.45) is 0 Å². The molecule has 4 rings (SSSR count). The van der Waals surface area contributed by atoms with E-state index in [-0.39, 0.29) is 11.3 Å². The maximum atomic E-state index is 13.0. The van der Waals surface area contributed by atoms with Crippen LogP contribution in [0.2, 0.25) is 0 Å². The van der Waals surface area contributed by atoms with Crippen molar-refractivity contribution in [2.75, 3.05) is 5.32 Å². The van der Waals surface area contributed by atoms with Gasteiger partial charge in [0.25, 0.3) is 5.91 Å². The molecule has 34 heavy (non-hydrogen) atoms.